The molecule has 2 heterocycles. The summed E-state index contributed by atoms with van der Waals surface area (Å²) < 4.78 is 19.5. The molecule has 4 atom stereocenters. The highest BCUT2D eigenvalue weighted by Crippen LogP contribution is 2.29. The second kappa shape index (κ2) is 5.63. The summed E-state index contributed by atoms with van der Waals surface area (Å²) in [6, 6.07) is 0. The van der Waals surface area contributed by atoms with E-state index in [4.69, 9.17) is 15.1 Å². The SMILES string of the molecule is O=Cc1nc(=NO)c(F)cn1[C@@H]1O[C@H](CO)[C@@H](O)[C@H]1O. The predicted octanol–water partition coefficient (Wildman–Crippen LogP) is -2.26. The third-order valence-electron chi connectivity index (χ3n) is 2.94. The van der Waals surface area contributed by atoms with Gasteiger partial charge in [0.25, 0.3) is 0 Å². The van der Waals surface area contributed by atoms with Crippen LogP contribution in [-0.4, -0.2) is 61.3 Å². The first kappa shape index (κ1) is 14.5. The molecule has 1 aliphatic heterocycles. The van der Waals surface area contributed by atoms with Crippen LogP contribution in [0.25, 0.3) is 0 Å². The van der Waals surface area contributed by atoms with E-state index >= 15 is 0 Å². The minimum absolute atomic E-state index is 0.239. The van der Waals surface area contributed by atoms with Crippen LogP contribution in [0.2, 0.25) is 0 Å². The van der Waals surface area contributed by atoms with Gasteiger partial charge in [-0.3, -0.25) is 9.36 Å². The van der Waals surface area contributed by atoms with Crippen molar-refractivity contribution in [3.8, 4) is 0 Å². The van der Waals surface area contributed by atoms with Gasteiger partial charge in [-0.05, 0) is 0 Å². The first-order chi connectivity index (χ1) is 9.53. The molecule has 1 aromatic rings. The Morgan fingerprint density at radius 3 is 2.70 bits per heavy atom. The summed E-state index contributed by atoms with van der Waals surface area (Å²) in [5.41, 5.74) is -0.699. The Hall–Kier alpha value is -1.88. The molecule has 110 valence electrons. The van der Waals surface area contributed by atoms with Gasteiger partial charge in [0.1, 0.15) is 18.3 Å². The minimum Gasteiger partial charge on any atom is -0.409 e. The zero-order valence-corrected chi connectivity index (χ0v) is 10.00. The summed E-state index contributed by atoms with van der Waals surface area (Å²) in [5, 5.41) is 39.5. The largest absolute Gasteiger partial charge is 0.409 e. The number of carbonyl (C=O) groups excluding carboxylic acids is 1. The summed E-state index contributed by atoms with van der Waals surface area (Å²) in [6.45, 7) is -0.564. The summed E-state index contributed by atoms with van der Waals surface area (Å²) in [6.07, 6.45) is -4.30. The monoisotopic (exact) mass is 289 g/mol. The maximum absolute atomic E-state index is 13.5. The number of ether oxygens (including phenoxy) is 1. The molecule has 0 unspecified atom stereocenters. The van der Waals surface area contributed by atoms with E-state index in [1.165, 1.54) is 0 Å². The van der Waals surface area contributed by atoms with Crippen molar-refractivity contribution in [3.63, 3.8) is 0 Å². The molecule has 0 aliphatic carbocycles. The molecule has 1 aliphatic rings. The number of carbonyl (C=O) groups is 1. The van der Waals surface area contributed by atoms with Crippen molar-refractivity contribution in [2.24, 2.45) is 5.16 Å². The molecule has 0 radical (unpaired) electrons. The van der Waals surface area contributed by atoms with Crippen LogP contribution in [0.15, 0.2) is 11.4 Å². The Bertz CT molecular complexity index is 577. The molecule has 0 spiro atoms. The molecule has 0 bridgehead atoms. The Morgan fingerprint density at radius 2 is 2.20 bits per heavy atom. The molecule has 2 rings (SSSR count). The van der Waals surface area contributed by atoms with Crippen molar-refractivity contribution < 1.29 is 34.4 Å². The lowest BCUT2D eigenvalue weighted by Gasteiger charge is -2.19. The number of aromatic nitrogens is 2. The highest BCUT2D eigenvalue weighted by atomic mass is 19.1. The van der Waals surface area contributed by atoms with Gasteiger partial charge in [0, 0.05) is 6.20 Å². The molecule has 0 amide bonds. The standard InChI is InChI=1S/C10H12FN3O6/c11-4-1-14(6(3-16)12-9(4)13-19)10-8(18)7(17)5(2-15)20-10/h1,3,5,7-8,10,15,17-19H,2H2/t5-,7-,8-,10-/m1/s1. The van der Waals surface area contributed by atoms with Gasteiger partial charge in [0.05, 0.1) is 6.61 Å². The van der Waals surface area contributed by atoms with Crippen molar-refractivity contribution in [3.05, 3.63) is 23.3 Å². The van der Waals surface area contributed by atoms with Gasteiger partial charge in [-0.25, -0.2) is 9.37 Å². The number of hydrogen-bond acceptors (Lipinski definition) is 8. The van der Waals surface area contributed by atoms with Crippen molar-refractivity contribution in [2.45, 2.75) is 24.5 Å². The van der Waals surface area contributed by atoms with Gasteiger partial charge in [0.2, 0.25) is 5.49 Å². The molecule has 1 saturated heterocycles. The summed E-state index contributed by atoms with van der Waals surface area (Å²) in [7, 11) is 0. The smallest absolute Gasteiger partial charge is 0.230 e. The van der Waals surface area contributed by atoms with Crippen molar-refractivity contribution in [1.82, 2.24) is 9.55 Å². The molecule has 0 aromatic carbocycles. The summed E-state index contributed by atoms with van der Waals surface area (Å²) >= 11 is 0. The summed E-state index contributed by atoms with van der Waals surface area (Å²) in [5.74, 6) is -1.44. The molecule has 4 N–H and O–H groups in total. The fourth-order valence-corrected chi connectivity index (χ4v) is 1.94. The fourth-order valence-electron chi connectivity index (χ4n) is 1.94. The average molecular weight is 289 g/mol. The third kappa shape index (κ3) is 2.29. The highest BCUT2D eigenvalue weighted by molar-refractivity contribution is 5.69. The van der Waals surface area contributed by atoms with Gasteiger partial charge in [-0.2, -0.15) is 0 Å². The van der Waals surface area contributed by atoms with Crippen LogP contribution in [0, 0.1) is 5.82 Å². The highest BCUT2D eigenvalue weighted by Gasteiger charge is 2.43. The number of rotatable bonds is 3. The van der Waals surface area contributed by atoms with E-state index in [-0.39, 0.29) is 12.1 Å². The summed E-state index contributed by atoms with van der Waals surface area (Å²) in [4.78, 5) is 14.4. The molecule has 0 saturated carbocycles. The second-order valence-corrected chi connectivity index (χ2v) is 4.12. The maximum Gasteiger partial charge on any atom is 0.230 e. The number of hydrogen-bond donors (Lipinski definition) is 4. The lowest BCUT2D eigenvalue weighted by atomic mass is 10.1. The fraction of sp³-hybridized carbons (Fsp3) is 0.500. The molecule has 10 heteroatoms. The van der Waals surface area contributed by atoms with E-state index in [9.17, 15) is 19.4 Å². The average Bonchev–Trinajstić information content (AvgIpc) is 2.74. The Kier molecular flexibility index (Phi) is 4.09. The van der Waals surface area contributed by atoms with Crippen LogP contribution in [0.1, 0.15) is 16.8 Å². The van der Waals surface area contributed by atoms with E-state index in [0.717, 1.165) is 10.8 Å². The second-order valence-electron chi connectivity index (χ2n) is 4.12. The predicted molar refractivity (Wildman–Crippen MR) is 57.9 cm³/mol. The van der Waals surface area contributed by atoms with Crippen molar-refractivity contribution in [1.29, 1.82) is 0 Å². The molecule has 1 fully saturated rings. The molecular formula is C10H12FN3O6. The molecule has 9 nitrogen and oxygen atoms in total. The Balaban J connectivity index is 2.48. The lowest BCUT2D eigenvalue weighted by molar-refractivity contribution is -0.0544. The number of halogens is 1. The van der Waals surface area contributed by atoms with Crippen LogP contribution < -0.4 is 5.49 Å². The van der Waals surface area contributed by atoms with E-state index in [0.29, 0.717) is 0 Å². The zero-order valence-electron chi connectivity index (χ0n) is 10.00. The quantitative estimate of drug-likeness (QED) is 0.280. The van der Waals surface area contributed by atoms with E-state index in [2.05, 4.69) is 10.1 Å². The van der Waals surface area contributed by atoms with E-state index in [1.807, 2.05) is 0 Å². The Labute approximate surface area is 111 Å². The molecule has 1 aromatic heterocycles. The van der Waals surface area contributed by atoms with Gasteiger partial charge < -0.3 is 25.3 Å². The normalized spacial score (nSPS) is 30.7. The van der Waals surface area contributed by atoms with Crippen molar-refractivity contribution >= 4 is 6.29 Å². The maximum atomic E-state index is 13.5. The van der Waals surface area contributed by atoms with Crippen LogP contribution in [0.4, 0.5) is 4.39 Å². The van der Waals surface area contributed by atoms with Gasteiger partial charge in [-0.15, -0.1) is 0 Å². The first-order valence-corrected chi connectivity index (χ1v) is 5.58. The first-order valence-electron chi connectivity index (χ1n) is 5.58. The van der Waals surface area contributed by atoms with Gasteiger partial charge in [0.15, 0.2) is 24.2 Å². The lowest BCUT2D eigenvalue weighted by Crippen LogP contribution is -2.34. The number of nitrogens with zero attached hydrogens (tertiary/aromatic N) is 3. The zero-order chi connectivity index (χ0) is 14.9. The number of aldehydes is 1. The van der Waals surface area contributed by atoms with Crippen LogP contribution in [0.3, 0.4) is 0 Å². The van der Waals surface area contributed by atoms with Crippen molar-refractivity contribution in [2.75, 3.05) is 6.61 Å². The third-order valence-corrected chi connectivity index (χ3v) is 2.94. The number of aliphatic hydroxyl groups excluding tert-OH is 3. The Morgan fingerprint density at radius 1 is 1.50 bits per heavy atom. The minimum atomic E-state index is -1.49. The van der Waals surface area contributed by atoms with Crippen LogP contribution >= 0.6 is 0 Å². The van der Waals surface area contributed by atoms with Gasteiger partial charge >= 0.3 is 0 Å². The number of aliphatic hydroxyl groups is 3. The van der Waals surface area contributed by atoms with Crippen LogP contribution in [0.5, 0.6) is 0 Å². The van der Waals surface area contributed by atoms with Crippen LogP contribution in [-0.2, 0) is 4.74 Å². The van der Waals surface area contributed by atoms with Gasteiger partial charge in [-0.1, -0.05) is 5.16 Å². The topological polar surface area (TPSA) is 137 Å². The molecule has 20 heavy (non-hydrogen) atoms. The molecular weight excluding hydrogens is 277 g/mol. The van der Waals surface area contributed by atoms with E-state index in [1.54, 1.807) is 0 Å². The van der Waals surface area contributed by atoms with E-state index < -0.39 is 42.5 Å².